The first kappa shape index (κ1) is 14.4. The van der Waals surface area contributed by atoms with Crippen LogP contribution in [0.3, 0.4) is 0 Å². The van der Waals surface area contributed by atoms with Crippen molar-refractivity contribution in [1.29, 1.82) is 0 Å². The zero-order valence-electron chi connectivity index (χ0n) is 11.3. The summed E-state index contributed by atoms with van der Waals surface area (Å²) in [5.41, 5.74) is -0.388. The molecule has 0 bridgehead atoms. The highest BCUT2D eigenvalue weighted by Gasteiger charge is 2.29. The number of aromatic nitrogens is 2. The molecule has 2 rings (SSSR count). The van der Waals surface area contributed by atoms with Gasteiger partial charge in [-0.05, 0) is 25.1 Å². The van der Waals surface area contributed by atoms with Gasteiger partial charge in [-0.15, -0.1) is 0 Å². The van der Waals surface area contributed by atoms with E-state index in [1.165, 1.54) is 19.2 Å². The normalized spacial score (nSPS) is 13.8. The number of nitrogens with one attached hydrogen (secondary N) is 1. The molecule has 106 valence electrons. The lowest BCUT2D eigenvalue weighted by molar-refractivity contribution is -0.113. The van der Waals surface area contributed by atoms with Crippen molar-refractivity contribution in [2.24, 2.45) is 0 Å². The van der Waals surface area contributed by atoms with Crippen LogP contribution in [-0.2, 0) is 15.2 Å². The monoisotopic (exact) mass is 277 g/mol. The van der Waals surface area contributed by atoms with Crippen LogP contribution in [0.4, 0.5) is 10.3 Å². The van der Waals surface area contributed by atoms with Gasteiger partial charge in [-0.3, -0.25) is 0 Å². The van der Waals surface area contributed by atoms with E-state index in [-0.39, 0.29) is 12.6 Å². The van der Waals surface area contributed by atoms with Crippen molar-refractivity contribution in [3.8, 4) is 0 Å². The number of halogens is 1. The second kappa shape index (κ2) is 6.40. The van der Waals surface area contributed by atoms with Gasteiger partial charge in [-0.25, -0.2) is 14.4 Å². The molecular weight excluding hydrogens is 261 g/mol. The summed E-state index contributed by atoms with van der Waals surface area (Å²) in [4.78, 5) is 8.17. The van der Waals surface area contributed by atoms with E-state index in [1.54, 1.807) is 37.5 Å². The second-order valence-electron chi connectivity index (χ2n) is 4.29. The molecule has 1 N–H and O–H groups in total. The summed E-state index contributed by atoms with van der Waals surface area (Å²) >= 11 is 0. The third-order valence-electron chi connectivity index (χ3n) is 2.76. The maximum absolute atomic E-state index is 13.4. The average molecular weight is 277 g/mol. The van der Waals surface area contributed by atoms with E-state index in [0.717, 1.165) is 0 Å². The number of nitrogens with zero attached hydrogens (tertiary/aromatic N) is 2. The Kier molecular flexibility index (Phi) is 4.60. The molecule has 1 atom stereocenters. The zero-order valence-corrected chi connectivity index (χ0v) is 11.3. The topological polar surface area (TPSA) is 56.3 Å². The molecule has 0 amide bonds. The Bertz CT molecular complexity index is 553. The molecule has 0 saturated heterocycles. The van der Waals surface area contributed by atoms with Gasteiger partial charge in [0.15, 0.2) is 5.72 Å². The van der Waals surface area contributed by atoms with Crippen molar-refractivity contribution >= 4 is 5.95 Å². The number of benzene rings is 1. The third-order valence-corrected chi connectivity index (χ3v) is 2.76. The Labute approximate surface area is 116 Å². The molecule has 0 aliphatic rings. The van der Waals surface area contributed by atoms with Gasteiger partial charge in [0.1, 0.15) is 12.6 Å². The van der Waals surface area contributed by atoms with Crippen molar-refractivity contribution in [2.45, 2.75) is 12.6 Å². The number of hydrogen-bond donors (Lipinski definition) is 1. The van der Waals surface area contributed by atoms with Crippen LogP contribution < -0.4 is 5.32 Å². The van der Waals surface area contributed by atoms with Crippen LogP contribution in [0.15, 0.2) is 42.7 Å². The van der Waals surface area contributed by atoms with Crippen molar-refractivity contribution in [1.82, 2.24) is 9.97 Å². The highest BCUT2D eigenvalue weighted by atomic mass is 19.1. The van der Waals surface area contributed by atoms with Gasteiger partial charge >= 0.3 is 0 Å². The minimum atomic E-state index is -1.00. The summed E-state index contributed by atoms with van der Waals surface area (Å²) in [6, 6.07) is 7.85. The van der Waals surface area contributed by atoms with Gasteiger partial charge in [0, 0.05) is 25.1 Å². The van der Waals surface area contributed by atoms with Crippen LogP contribution in [0.1, 0.15) is 12.5 Å². The highest BCUT2D eigenvalue weighted by molar-refractivity contribution is 5.34. The van der Waals surface area contributed by atoms with Gasteiger partial charge in [0.25, 0.3) is 0 Å². The van der Waals surface area contributed by atoms with E-state index < -0.39 is 5.72 Å². The highest BCUT2D eigenvalue weighted by Crippen LogP contribution is 2.26. The third kappa shape index (κ3) is 3.49. The van der Waals surface area contributed by atoms with Crippen molar-refractivity contribution in [3.63, 3.8) is 0 Å². The summed E-state index contributed by atoms with van der Waals surface area (Å²) in [5.74, 6) is 0.0425. The Morgan fingerprint density at radius 1 is 1.25 bits per heavy atom. The van der Waals surface area contributed by atoms with E-state index in [1.807, 2.05) is 0 Å². The average Bonchev–Trinajstić information content (AvgIpc) is 2.46. The smallest absolute Gasteiger partial charge is 0.225 e. The Morgan fingerprint density at radius 2 is 2.00 bits per heavy atom. The maximum Gasteiger partial charge on any atom is 0.225 e. The fourth-order valence-electron chi connectivity index (χ4n) is 1.73. The lowest BCUT2D eigenvalue weighted by Crippen LogP contribution is -2.36. The van der Waals surface area contributed by atoms with E-state index in [9.17, 15) is 4.39 Å². The Balaban J connectivity index is 2.29. The van der Waals surface area contributed by atoms with Crippen LogP contribution in [0, 0.1) is 5.82 Å². The molecule has 1 unspecified atom stereocenters. The molecule has 0 saturated carbocycles. The van der Waals surface area contributed by atoms with Crippen molar-refractivity contribution in [2.75, 3.05) is 19.2 Å². The number of rotatable bonds is 6. The minimum Gasteiger partial charge on any atom is -0.359 e. The molecule has 0 aliphatic carbocycles. The molecule has 6 heteroatoms. The number of hydrogen-bond acceptors (Lipinski definition) is 5. The van der Waals surface area contributed by atoms with Crippen LogP contribution in [0.5, 0.6) is 0 Å². The molecule has 0 radical (unpaired) electrons. The number of anilines is 1. The lowest BCUT2D eigenvalue weighted by atomic mass is 10.0. The Morgan fingerprint density at radius 3 is 2.65 bits per heavy atom. The molecule has 1 aromatic heterocycles. The molecule has 20 heavy (non-hydrogen) atoms. The standard InChI is InChI=1S/C14H16FN3O2/c1-14(20-10-19-2,11-5-3-6-12(15)9-11)18-13-16-7-4-8-17-13/h3-9H,10H2,1-2H3,(H,16,17,18). The van der Waals surface area contributed by atoms with Crippen LogP contribution >= 0.6 is 0 Å². The van der Waals surface area contributed by atoms with E-state index in [2.05, 4.69) is 15.3 Å². The van der Waals surface area contributed by atoms with E-state index >= 15 is 0 Å². The summed E-state index contributed by atoms with van der Waals surface area (Å²) in [5, 5.41) is 3.04. The molecule has 2 aromatic rings. The second-order valence-corrected chi connectivity index (χ2v) is 4.29. The quantitative estimate of drug-likeness (QED) is 0.822. The minimum absolute atomic E-state index is 0.0485. The maximum atomic E-state index is 13.4. The largest absolute Gasteiger partial charge is 0.359 e. The zero-order chi connectivity index (χ0) is 14.4. The molecular formula is C14H16FN3O2. The summed E-state index contributed by atoms with van der Waals surface area (Å²) in [6.45, 7) is 1.81. The summed E-state index contributed by atoms with van der Waals surface area (Å²) in [7, 11) is 1.52. The van der Waals surface area contributed by atoms with Gasteiger partial charge in [-0.1, -0.05) is 12.1 Å². The predicted molar refractivity (Wildman–Crippen MR) is 72.4 cm³/mol. The van der Waals surface area contributed by atoms with Crippen molar-refractivity contribution in [3.05, 3.63) is 54.1 Å². The van der Waals surface area contributed by atoms with Gasteiger partial charge in [0.05, 0.1) is 0 Å². The molecule has 1 aromatic carbocycles. The van der Waals surface area contributed by atoms with Crippen LogP contribution in [0.25, 0.3) is 0 Å². The van der Waals surface area contributed by atoms with Crippen molar-refractivity contribution < 1.29 is 13.9 Å². The van der Waals surface area contributed by atoms with E-state index in [4.69, 9.17) is 9.47 Å². The first-order valence-corrected chi connectivity index (χ1v) is 6.08. The lowest BCUT2D eigenvalue weighted by Gasteiger charge is -2.31. The number of methoxy groups -OCH3 is 1. The SMILES string of the molecule is COCOC(C)(Nc1ncccn1)c1cccc(F)c1. The Hall–Kier alpha value is -2.05. The molecule has 1 heterocycles. The van der Waals surface area contributed by atoms with Crippen LogP contribution in [0.2, 0.25) is 0 Å². The van der Waals surface area contributed by atoms with E-state index in [0.29, 0.717) is 11.5 Å². The molecule has 5 nitrogen and oxygen atoms in total. The summed E-state index contributed by atoms with van der Waals surface area (Å²) in [6.07, 6.45) is 3.22. The predicted octanol–water partition coefficient (Wildman–Crippen LogP) is 2.52. The fourth-order valence-corrected chi connectivity index (χ4v) is 1.73. The first-order valence-electron chi connectivity index (χ1n) is 6.08. The van der Waals surface area contributed by atoms with Gasteiger partial charge in [-0.2, -0.15) is 0 Å². The van der Waals surface area contributed by atoms with Gasteiger partial charge in [0.2, 0.25) is 5.95 Å². The molecule has 0 aliphatic heterocycles. The summed E-state index contributed by atoms with van der Waals surface area (Å²) < 4.78 is 24.0. The molecule has 0 fully saturated rings. The first-order chi connectivity index (χ1) is 9.64. The fraction of sp³-hybridized carbons (Fsp3) is 0.286. The molecule has 0 spiro atoms. The van der Waals surface area contributed by atoms with Gasteiger partial charge < -0.3 is 14.8 Å². The van der Waals surface area contributed by atoms with Crippen LogP contribution in [-0.4, -0.2) is 23.9 Å². The number of ether oxygens (including phenoxy) is 2.